The van der Waals surface area contributed by atoms with Gasteiger partial charge >= 0.3 is 12.0 Å². The van der Waals surface area contributed by atoms with Crippen LogP contribution in [0, 0.1) is 17.8 Å². The van der Waals surface area contributed by atoms with E-state index < -0.39 is 11.4 Å². The van der Waals surface area contributed by atoms with Crippen LogP contribution in [0.1, 0.15) is 46.5 Å². The largest absolute Gasteiger partial charge is 0.481 e. The number of hydrogen-bond acceptors (Lipinski definition) is 2. The van der Waals surface area contributed by atoms with E-state index in [-0.39, 0.29) is 18.6 Å². The minimum Gasteiger partial charge on any atom is -0.481 e. The maximum Gasteiger partial charge on any atom is 0.315 e. The Bertz CT molecular complexity index is 343. The van der Waals surface area contributed by atoms with Crippen LogP contribution in [-0.2, 0) is 4.79 Å². The van der Waals surface area contributed by atoms with Crippen LogP contribution < -0.4 is 10.6 Å². The van der Waals surface area contributed by atoms with Gasteiger partial charge in [-0.3, -0.25) is 4.79 Å². The molecule has 19 heavy (non-hydrogen) atoms. The molecule has 0 aliphatic heterocycles. The molecule has 0 radical (unpaired) electrons. The zero-order valence-corrected chi connectivity index (χ0v) is 12.0. The van der Waals surface area contributed by atoms with Gasteiger partial charge < -0.3 is 15.7 Å². The number of aliphatic carboxylic acids is 1. The normalized spacial score (nSPS) is 12.3. The van der Waals surface area contributed by atoms with Crippen molar-refractivity contribution in [3.05, 3.63) is 0 Å². The van der Waals surface area contributed by atoms with Crippen LogP contribution in [0.3, 0.4) is 0 Å². The van der Waals surface area contributed by atoms with E-state index >= 15 is 0 Å². The number of carbonyl (C=O) groups excluding carboxylic acids is 1. The van der Waals surface area contributed by atoms with Crippen LogP contribution in [0.5, 0.6) is 0 Å². The number of nitrogens with one attached hydrogen (secondary N) is 2. The molecule has 2 amide bonds. The van der Waals surface area contributed by atoms with Crippen LogP contribution in [0.15, 0.2) is 0 Å². The van der Waals surface area contributed by atoms with Crippen molar-refractivity contribution in [1.82, 2.24) is 10.6 Å². The van der Waals surface area contributed by atoms with E-state index in [4.69, 9.17) is 6.42 Å². The number of hydrogen-bond donors (Lipinski definition) is 3. The van der Waals surface area contributed by atoms with Crippen LogP contribution >= 0.6 is 0 Å². The van der Waals surface area contributed by atoms with E-state index in [0.29, 0.717) is 19.3 Å². The molecule has 0 fully saturated rings. The van der Waals surface area contributed by atoms with E-state index in [0.717, 1.165) is 6.42 Å². The maximum absolute atomic E-state index is 11.7. The Morgan fingerprint density at radius 1 is 1.32 bits per heavy atom. The minimum absolute atomic E-state index is 0.0764. The number of carboxylic acids is 1. The third-order valence-corrected chi connectivity index (χ3v) is 3.59. The molecule has 1 atom stereocenters. The van der Waals surface area contributed by atoms with Crippen LogP contribution in [-0.4, -0.2) is 29.7 Å². The summed E-state index contributed by atoms with van der Waals surface area (Å²) in [7, 11) is 0. The summed E-state index contributed by atoms with van der Waals surface area (Å²) in [6.45, 7) is 5.67. The fourth-order valence-electron chi connectivity index (χ4n) is 1.80. The molecule has 0 saturated carbocycles. The Balaban J connectivity index is 4.42. The summed E-state index contributed by atoms with van der Waals surface area (Å²) in [6, 6.07) is -0.442. The van der Waals surface area contributed by atoms with Crippen molar-refractivity contribution in [3.8, 4) is 12.3 Å². The van der Waals surface area contributed by atoms with Crippen molar-refractivity contribution in [2.45, 2.75) is 52.5 Å². The molecule has 0 heterocycles. The molecule has 0 aromatic rings. The van der Waals surface area contributed by atoms with Gasteiger partial charge in [0.15, 0.2) is 0 Å². The fourth-order valence-corrected chi connectivity index (χ4v) is 1.80. The van der Waals surface area contributed by atoms with Crippen LogP contribution in [0.25, 0.3) is 0 Å². The van der Waals surface area contributed by atoms with Gasteiger partial charge in [-0.05, 0) is 19.3 Å². The van der Waals surface area contributed by atoms with E-state index in [1.54, 1.807) is 0 Å². The Morgan fingerprint density at radius 2 is 1.89 bits per heavy atom. The van der Waals surface area contributed by atoms with Gasteiger partial charge in [0.1, 0.15) is 0 Å². The Morgan fingerprint density at radius 3 is 2.26 bits per heavy atom. The van der Waals surface area contributed by atoms with Crippen molar-refractivity contribution in [2.24, 2.45) is 5.41 Å². The molecule has 3 N–H and O–H groups in total. The second-order valence-electron chi connectivity index (χ2n) is 4.63. The highest BCUT2D eigenvalue weighted by Gasteiger charge is 2.35. The summed E-state index contributed by atoms with van der Waals surface area (Å²) in [5, 5.41) is 14.6. The topological polar surface area (TPSA) is 78.4 Å². The zero-order valence-electron chi connectivity index (χ0n) is 12.0. The van der Waals surface area contributed by atoms with Crippen molar-refractivity contribution in [2.75, 3.05) is 6.54 Å². The SMILES string of the molecule is C#CCC(CC)NC(=O)NCC(CC)(CC)C(=O)O. The molecule has 1 unspecified atom stereocenters. The first-order valence-corrected chi connectivity index (χ1v) is 6.66. The monoisotopic (exact) mass is 268 g/mol. The Hall–Kier alpha value is -1.70. The van der Waals surface area contributed by atoms with Gasteiger partial charge in [0.2, 0.25) is 0 Å². The lowest BCUT2D eigenvalue weighted by Gasteiger charge is -2.27. The summed E-state index contributed by atoms with van der Waals surface area (Å²) in [6.07, 6.45) is 7.36. The minimum atomic E-state index is -0.898. The first-order valence-electron chi connectivity index (χ1n) is 6.66. The van der Waals surface area contributed by atoms with Gasteiger partial charge in [0.25, 0.3) is 0 Å². The molecule has 0 aliphatic rings. The van der Waals surface area contributed by atoms with E-state index in [9.17, 15) is 14.7 Å². The molecule has 5 heteroatoms. The van der Waals surface area contributed by atoms with Crippen molar-refractivity contribution < 1.29 is 14.7 Å². The first-order chi connectivity index (χ1) is 8.95. The van der Waals surface area contributed by atoms with Gasteiger partial charge in [-0.25, -0.2) is 4.79 Å². The second-order valence-corrected chi connectivity index (χ2v) is 4.63. The lowest BCUT2D eigenvalue weighted by Crippen LogP contribution is -2.48. The van der Waals surface area contributed by atoms with Crippen molar-refractivity contribution >= 4 is 12.0 Å². The molecule has 5 nitrogen and oxygen atoms in total. The maximum atomic E-state index is 11.7. The van der Waals surface area contributed by atoms with Gasteiger partial charge in [-0.15, -0.1) is 12.3 Å². The third kappa shape index (κ3) is 5.21. The van der Waals surface area contributed by atoms with Gasteiger partial charge in [-0.1, -0.05) is 20.8 Å². The van der Waals surface area contributed by atoms with Gasteiger partial charge in [-0.2, -0.15) is 0 Å². The number of carbonyl (C=O) groups is 2. The fraction of sp³-hybridized carbons (Fsp3) is 0.714. The van der Waals surface area contributed by atoms with Crippen LogP contribution in [0.2, 0.25) is 0 Å². The van der Waals surface area contributed by atoms with Crippen molar-refractivity contribution in [3.63, 3.8) is 0 Å². The molecular formula is C14H24N2O3. The molecule has 108 valence electrons. The van der Waals surface area contributed by atoms with Crippen LogP contribution in [0.4, 0.5) is 4.79 Å². The average molecular weight is 268 g/mol. The molecule has 0 aromatic carbocycles. The molecule has 0 saturated heterocycles. The summed E-state index contributed by atoms with van der Waals surface area (Å²) < 4.78 is 0. The number of terminal acetylenes is 1. The van der Waals surface area contributed by atoms with E-state index in [1.807, 2.05) is 20.8 Å². The van der Waals surface area contributed by atoms with Gasteiger partial charge in [0.05, 0.1) is 5.41 Å². The van der Waals surface area contributed by atoms with Gasteiger partial charge in [0, 0.05) is 19.0 Å². The summed E-state index contributed by atoms with van der Waals surface area (Å²) >= 11 is 0. The first kappa shape index (κ1) is 17.3. The number of urea groups is 1. The quantitative estimate of drug-likeness (QED) is 0.589. The highest BCUT2D eigenvalue weighted by molar-refractivity contribution is 5.78. The highest BCUT2D eigenvalue weighted by atomic mass is 16.4. The standard InChI is InChI=1S/C14H24N2O3/c1-5-9-11(6-2)16-13(19)15-10-14(7-3,8-4)12(17)18/h1,11H,6-10H2,2-4H3,(H,17,18)(H2,15,16,19). The summed E-state index contributed by atoms with van der Waals surface area (Å²) in [4.78, 5) is 23.0. The predicted molar refractivity (Wildman–Crippen MR) is 74.7 cm³/mol. The number of carboxylic acid groups (broad SMARTS) is 1. The lowest BCUT2D eigenvalue weighted by molar-refractivity contribution is -0.149. The average Bonchev–Trinajstić information content (AvgIpc) is 2.39. The number of rotatable bonds is 8. The predicted octanol–water partition coefficient (Wildman–Crippen LogP) is 1.98. The second kappa shape index (κ2) is 8.41. The Labute approximate surface area is 115 Å². The molecule has 0 spiro atoms. The smallest absolute Gasteiger partial charge is 0.315 e. The van der Waals surface area contributed by atoms with Crippen molar-refractivity contribution in [1.29, 1.82) is 0 Å². The Kier molecular flexibility index (Phi) is 7.66. The molecule has 0 rings (SSSR count). The molecule has 0 aromatic heterocycles. The molecule has 0 bridgehead atoms. The lowest BCUT2D eigenvalue weighted by atomic mass is 9.82. The number of amides is 2. The van der Waals surface area contributed by atoms with E-state index in [2.05, 4.69) is 16.6 Å². The zero-order chi connectivity index (χ0) is 14.9. The summed E-state index contributed by atoms with van der Waals surface area (Å²) in [5.41, 5.74) is -0.898. The highest BCUT2D eigenvalue weighted by Crippen LogP contribution is 2.25. The molecule has 0 aliphatic carbocycles. The third-order valence-electron chi connectivity index (χ3n) is 3.59. The molecular weight excluding hydrogens is 244 g/mol. The van der Waals surface area contributed by atoms with E-state index in [1.165, 1.54) is 0 Å². The summed E-state index contributed by atoms with van der Waals surface area (Å²) in [5.74, 6) is 1.62.